The summed E-state index contributed by atoms with van der Waals surface area (Å²) in [4.78, 5) is 11.5. The Morgan fingerprint density at radius 1 is 1.20 bits per heavy atom. The minimum Gasteiger partial charge on any atom is -0.357 e. The fourth-order valence-corrected chi connectivity index (χ4v) is 3.82. The molecule has 7 heteroatoms. The maximum Gasteiger partial charge on any atom is 0.191 e. The molecule has 1 aliphatic heterocycles. The zero-order valence-corrected chi connectivity index (χ0v) is 18.3. The van der Waals surface area contributed by atoms with Crippen LogP contribution in [-0.4, -0.2) is 52.6 Å². The standard InChI is InChI=1S/C23H35FN6/c1-3-25-23(27-12-4-5-14-30-17-13-26-19(30)2)28-22-10-15-29(16-11-22)18-20-6-8-21(24)9-7-20/h6-9,13,17,22H,3-5,10-12,14-16,18H2,1-2H3,(H2,25,27,28). The third kappa shape index (κ3) is 7.13. The summed E-state index contributed by atoms with van der Waals surface area (Å²) in [5, 5.41) is 6.98. The first-order valence-electron chi connectivity index (χ1n) is 11.1. The molecule has 1 aromatic carbocycles. The van der Waals surface area contributed by atoms with Crippen LogP contribution in [0.2, 0.25) is 0 Å². The molecule has 2 aromatic rings. The molecule has 0 bridgehead atoms. The van der Waals surface area contributed by atoms with Crippen LogP contribution in [0.3, 0.4) is 0 Å². The fraction of sp³-hybridized carbons (Fsp3) is 0.565. The highest BCUT2D eigenvalue weighted by molar-refractivity contribution is 5.80. The number of aromatic nitrogens is 2. The normalized spacial score (nSPS) is 16.0. The second kappa shape index (κ2) is 11.7. The van der Waals surface area contributed by atoms with E-state index < -0.39 is 0 Å². The van der Waals surface area contributed by atoms with Gasteiger partial charge >= 0.3 is 0 Å². The van der Waals surface area contributed by atoms with E-state index in [0.717, 1.165) is 76.7 Å². The molecule has 0 aliphatic carbocycles. The molecule has 0 saturated carbocycles. The highest BCUT2D eigenvalue weighted by Crippen LogP contribution is 2.14. The van der Waals surface area contributed by atoms with Gasteiger partial charge in [0.15, 0.2) is 5.96 Å². The van der Waals surface area contributed by atoms with Crippen LogP contribution in [0.5, 0.6) is 0 Å². The number of nitrogens with zero attached hydrogens (tertiary/aromatic N) is 4. The summed E-state index contributed by atoms with van der Waals surface area (Å²) in [6, 6.07) is 7.28. The number of imidazole rings is 1. The van der Waals surface area contributed by atoms with Crippen molar-refractivity contribution in [2.24, 2.45) is 4.99 Å². The number of benzene rings is 1. The molecule has 0 spiro atoms. The van der Waals surface area contributed by atoms with Crippen LogP contribution in [-0.2, 0) is 13.1 Å². The Morgan fingerprint density at radius 2 is 1.97 bits per heavy atom. The number of halogens is 1. The lowest BCUT2D eigenvalue weighted by Gasteiger charge is -2.33. The SMILES string of the molecule is CCNC(=NCCCCn1ccnc1C)NC1CCN(Cc2ccc(F)cc2)CC1. The number of aliphatic imine (C=N–C) groups is 1. The number of aryl methyl sites for hydroxylation is 2. The molecule has 1 fully saturated rings. The van der Waals surface area contributed by atoms with E-state index in [1.54, 1.807) is 12.1 Å². The first-order valence-corrected chi connectivity index (χ1v) is 11.1. The summed E-state index contributed by atoms with van der Waals surface area (Å²) in [6.07, 6.45) is 8.22. The van der Waals surface area contributed by atoms with E-state index >= 15 is 0 Å². The predicted molar refractivity (Wildman–Crippen MR) is 120 cm³/mol. The van der Waals surface area contributed by atoms with Crippen molar-refractivity contribution in [1.82, 2.24) is 25.1 Å². The van der Waals surface area contributed by atoms with Gasteiger partial charge in [-0.3, -0.25) is 9.89 Å². The van der Waals surface area contributed by atoms with E-state index in [1.165, 1.54) is 5.56 Å². The maximum absolute atomic E-state index is 13.1. The van der Waals surface area contributed by atoms with Crippen molar-refractivity contribution in [3.63, 3.8) is 0 Å². The summed E-state index contributed by atoms with van der Waals surface area (Å²) in [7, 11) is 0. The van der Waals surface area contributed by atoms with Gasteiger partial charge in [-0.2, -0.15) is 0 Å². The van der Waals surface area contributed by atoms with E-state index in [1.807, 2.05) is 31.5 Å². The van der Waals surface area contributed by atoms with E-state index in [4.69, 9.17) is 4.99 Å². The second-order valence-corrected chi connectivity index (χ2v) is 7.96. The van der Waals surface area contributed by atoms with Gasteiger partial charge < -0.3 is 15.2 Å². The van der Waals surface area contributed by atoms with E-state index in [0.29, 0.717) is 6.04 Å². The summed E-state index contributed by atoms with van der Waals surface area (Å²) in [5.41, 5.74) is 1.17. The molecule has 30 heavy (non-hydrogen) atoms. The summed E-state index contributed by atoms with van der Waals surface area (Å²) in [6.45, 7) is 9.80. The number of nitrogens with one attached hydrogen (secondary N) is 2. The number of unbranched alkanes of at least 4 members (excludes halogenated alkanes) is 1. The molecule has 0 atom stereocenters. The van der Waals surface area contributed by atoms with Gasteiger partial charge in [0.1, 0.15) is 11.6 Å². The van der Waals surface area contributed by atoms with Gasteiger partial charge in [-0.15, -0.1) is 0 Å². The molecule has 164 valence electrons. The lowest BCUT2D eigenvalue weighted by Crippen LogP contribution is -2.48. The van der Waals surface area contributed by atoms with E-state index in [9.17, 15) is 4.39 Å². The average molecular weight is 415 g/mol. The van der Waals surface area contributed by atoms with Crippen LogP contribution in [0, 0.1) is 12.7 Å². The van der Waals surface area contributed by atoms with Crippen molar-refractivity contribution in [2.45, 2.75) is 58.7 Å². The molecule has 6 nitrogen and oxygen atoms in total. The number of guanidine groups is 1. The smallest absolute Gasteiger partial charge is 0.191 e. The molecule has 0 unspecified atom stereocenters. The molecule has 2 N–H and O–H groups in total. The Morgan fingerprint density at radius 3 is 2.63 bits per heavy atom. The van der Waals surface area contributed by atoms with Gasteiger partial charge in [-0.25, -0.2) is 9.37 Å². The van der Waals surface area contributed by atoms with Crippen LogP contribution in [0.4, 0.5) is 4.39 Å². The van der Waals surface area contributed by atoms with Crippen molar-refractivity contribution in [1.29, 1.82) is 0 Å². The van der Waals surface area contributed by atoms with Crippen molar-refractivity contribution in [2.75, 3.05) is 26.2 Å². The minimum atomic E-state index is -0.172. The second-order valence-electron chi connectivity index (χ2n) is 7.96. The Kier molecular flexibility index (Phi) is 8.68. The van der Waals surface area contributed by atoms with Crippen molar-refractivity contribution < 1.29 is 4.39 Å². The van der Waals surface area contributed by atoms with Gasteiger partial charge in [0.2, 0.25) is 0 Å². The maximum atomic E-state index is 13.1. The quantitative estimate of drug-likeness (QED) is 0.375. The molecular formula is C23H35FN6. The zero-order chi connectivity index (χ0) is 21.2. The Hall–Kier alpha value is -2.41. The third-order valence-electron chi connectivity index (χ3n) is 5.59. The van der Waals surface area contributed by atoms with Crippen molar-refractivity contribution in [3.05, 3.63) is 53.9 Å². The Labute approximate surface area is 179 Å². The number of piperidine rings is 1. The number of likely N-dealkylation sites (tertiary alicyclic amines) is 1. The first kappa shape index (κ1) is 22.3. The van der Waals surface area contributed by atoms with Gasteiger partial charge in [-0.05, 0) is 57.2 Å². The van der Waals surface area contributed by atoms with Gasteiger partial charge in [0, 0.05) is 57.7 Å². The van der Waals surface area contributed by atoms with Crippen LogP contribution in [0.1, 0.15) is 44.0 Å². The molecule has 1 aromatic heterocycles. The zero-order valence-electron chi connectivity index (χ0n) is 18.3. The summed E-state index contributed by atoms with van der Waals surface area (Å²) >= 11 is 0. The monoisotopic (exact) mass is 414 g/mol. The molecule has 0 radical (unpaired) electrons. The van der Waals surface area contributed by atoms with Crippen molar-refractivity contribution >= 4 is 5.96 Å². The van der Waals surface area contributed by atoms with Crippen LogP contribution in [0.25, 0.3) is 0 Å². The lowest BCUT2D eigenvalue weighted by molar-refractivity contribution is 0.198. The Balaban J connectivity index is 1.37. The summed E-state index contributed by atoms with van der Waals surface area (Å²) in [5.74, 6) is 1.82. The highest BCUT2D eigenvalue weighted by atomic mass is 19.1. The number of rotatable bonds is 9. The predicted octanol–water partition coefficient (Wildman–Crippen LogP) is 3.33. The lowest BCUT2D eigenvalue weighted by atomic mass is 10.0. The molecule has 1 aliphatic rings. The summed E-state index contributed by atoms with van der Waals surface area (Å²) < 4.78 is 15.3. The molecule has 2 heterocycles. The van der Waals surface area contributed by atoms with Gasteiger partial charge in [0.05, 0.1) is 0 Å². The van der Waals surface area contributed by atoms with Gasteiger partial charge in [-0.1, -0.05) is 12.1 Å². The molecule has 0 amide bonds. The van der Waals surface area contributed by atoms with Crippen LogP contribution >= 0.6 is 0 Å². The van der Waals surface area contributed by atoms with E-state index in [2.05, 4.69) is 32.0 Å². The van der Waals surface area contributed by atoms with Crippen molar-refractivity contribution in [3.8, 4) is 0 Å². The topological polar surface area (TPSA) is 57.5 Å². The third-order valence-corrected chi connectivity index (χ3v) is 5.59. The Bertz CT molecular complexity index is 777. The average Bonchev–Trinajstić information content (AvgIpc) is 3.16. The molecular weight excluding hydrogens is 379 g/mol. The minimum absolute atomic E-state index is 0.172. The molecule has 3 rings (SSSR count). The molecule has 1 saturated heterocycles. The van der Waals surface area contributed by atoms with E-state index in [-0.39, 0.29) is 5.82 Å². The first-order chi connectivity index (χ1) is 14.6. The highest BCUT2D eigenvalue weighted by Gasteiger charge is 2.20. The fourth-order valence-electron chi connectivity index (χ4n) is 3.82. The van der Waals surface area contributed by atoms with Gasteiger partial charge in [0.25, 0.3) is 0 Å². The number of hydrogen-bond acceptors (Lipinski definition) is 3. The van der Waals surface area contributed by atoms with Crippen LogP contribution in [0.15, 0.2) is 41.7 Å². The largest absolute Gasteiger partial charge is 0.357 e. The van der Waals surface area contributed by atoms with Crippen LogP contribution < -0.4 is 10.6 Å². The number of hydrogen-bond donors (Lipinski definition) is 2.